The van der Waals surface area contributed by atoms with Gasteiger partial charge in [-0.1, -0.05) is 36.9 Å². The number of amides is 3. The number of aromatic nitrogens is 1. The first kappa shape index (κ1) is 26.4. The molecule has 2 atom stereocenters. The van der Waals surface area contributed by atoms with Crippen LogP contribution in [0.2, 0.25) is 5.02 Å². The Morgan fingerprint density at radius 2 is 1.68 bits per heavy atom. The lowest BCUT2D eigenvalue weighted by Crippen LogP contribution is -2.47. The first-order chi connectivity index (χ1) is 19.4. The zero-order valence-electron chi connectivity index (χ0n) is 22.4. The first-order valence-corrected chi connectivity index (χ1v) is 14.5. The predicted molar refractivity (Wildman–Crippen MR) is 159 cm³/mol. The summed E-state index contributed by atoms with van der Waals surface area (Å²) >= 11 is 5.99. The van der Waals surface area contributed by atoms with Crippen molar-refractivity contribution in [2.75, 3.05) is 28.6 Å². The molecular weight excluding hydrogens is 526 g/mol. The maximum absolute atomic E-state index is 13.2. The van der Waals surface area contributed by atoms with Crippen molar-refractivity contribution in [3.63, 3.8) is 0 Å². The summed E-state index contributed by atoms with van der Waals surface area (Å²) in [6, 6.07) is 17.8. The lowest BCUT2D eigenvalue weighted by atomic mass is 9.83. The molecule has 1 aliphatic carbocycles. The summed E-state index contributed by atoms with van der Waals surface area (Å²) in [5.74, 6) is 0.409. The highest BCUT2D eigenvalue weighted by Crippen LogP contribution is 2.39. The number of halogens is 1. The van der Waals surface area contributed by atoms with E-state index < -0.39 is 6.03 Å². The van der Waals surface area contributed by atoms with Crippen LogP contribution in [0.3, 0.4) is 0 Å². The SMILES string of the molecule is O=C(Nc1ccc(Cl)cc1)Nc1cc(C(=O)NC2CCCCC2)ccc1N1CC2CC(C1)c1cccc(=O)n1C2. The summed E-state index contributed by atoms with van der Waals surface area (Å²) < 4.78 is 1.91. The number of nitrogens with zero attached hydrogens (tertiary/aromatic N) is 2. The van der Waals surface area contributed by atoms with E-state index in [1.807, 2.05) is 28.8 Å². The van der Waals surface area contributed by atoms with E-state index in [1.54, 1.807) is 36.4 Å². The molecule has 40 heavy (non-hydrogen) atoms. The van der Waals surface area contributed by atoms with Crippen molar-refractivity contribution in [3.8, 4) is 0 Å². The second-order valence-electron chi connectivity index (χ2n) is 11.2. The normalized spacial score (nSPS) is 20.4. The van der Waals surface area contributed by atoms with E-state index in [-0.39, 0.29) is 23.4 Å². The second kappa shape index (κ2) is 11.4. The third-order valence-electron chi connectivity index (χ3n) is 8.37. The molecule has 8 nitrogen and oxygen atoms in total. The largest absolute Gasteiger partial charge is 0.369 e. The Kier molecular flexibility index (Phi) is 7.52. The van der Waals surface area contributed by atoms with Crippen molar-refractivity contribution >= 4 is 40.6 Å². The van der Waals surface area contributed by atoms with Gasteiger partial charge in [0.2, 0.25) is 0 Å². The number of fused-ring (bicyclic) bond motifs is 4. The number of rotatable bonds is 5. The van der Waals surface area contributed by atoms with E-state index in [2.05, 4.69) is 20.9 Å². The summed E-state index contributed by atoms with van der Waals surface area (Å²) in [6.07, 6.45) is 6.51. The number of pyridine rings is 1. The molecule has 1 saturated carbocycles. The fraction of sp³-hybridized carbons (Fsp3) is 0.387. The van der Waals surface area contributed by atoms with Crippen LogP contribution in [0.4, 0.5) is 21.9 Å². The smallest absolute Gasteiger partial charge is 0.323 e. The van der Waals surface area contributed by atoms with E-state index in [9.17, 15) is 14.4 Å². The van der Waals surface area contributed by atoms with Gasteiger partial charge >= 0.3 is 6.03 Å². The minimum absolute atomic E-state index is 0.0511. The number of piperidine rings is 1. The van der Waals surface area contributed by atoms with E-state index >= 15 is 0 Å². The zero-order valence-corrected chi connectivity index (χ0v) is 23.1. The molecular formula is C31H34ClN5O3. The molecule has 1 saturated heterocycles. The molecule has 3 heterocycles. The van der Waals surface area contributed by atoms with E-state index in [0.29, 0.717) is 34.4 Å². The highest BCUT2D eigenvalue weighted by Gasteiger charge is 2.35. The minimum Gasteiger partial charge on any atom is -0.369 e. The number of hydrogen-bond acceptors (Lipinski definition) is 4. The number of carbonyl (C=O) groups excluding carboxylic acids is 2. The first-order valence-electron chi connectivity index (χ1n) is 14.2. The van der Waals surface area contributed by atoms with Crippen molar-refractivity contribution in [2.45, 2.75) is 57.0 Å². The molecule has 208 valence electrons. The van der Waals surface area contributed by atoms with Crippen molar-refractivity contribution in [3.05, 3.63) is 87.3 Å². The van der Waals surface area contributed by atoms with Gasteiger partial charge in [-0.2, -0.15) is 0 Å². The van der Waals surface area contributed by atoms with Gasteiger partial charge in [-0.05, 0) is 73.7 Å². The van der Waals surface area contributed by atoms with Crippen molar-refractivity contribution < 1.29 is 9.59 Å². The molecule has 2 fully saturated rings. The molecule has 3 aromatic rings. The van der Waals surface area contributed by atoms with Crippen molar-refractivity contribution in [1.82, 2.24) is 9.88 Å². The second-order valence-corrected chi connectivity index (χ2v) is 11.7. The Balaban J connectivity index is 1.27. The molecule has 6 rings (SSSR count). The van der Waals surface area contributed by atoms with Crippen LogP contribution in [0.5, 0.6) is 0 Å². The fourth-order valence-corrected chi connectivity index (χ4v) is 6.61. The van der Waals surface area contributed by atoms with Crippen LogP contribution in [0.25, 0.3) is 0 Å². The van der Waals surface area contributed by atoms with E-state index in [1.165, 1.54) is 6.42 Å². The van der Waals surface area contributed by atoms with Crippen LogP contribution in [-0.2, 0) is 6.54 Å². The number of urea groups is 1. The molecule has 1 aromatic heterocycles. The molecule has 9 heteroatoms. The highest BCUT2D eigenvalue weighted by molar-refractivity contribution is 6.30. The Bertz CT molecular complexity index is 1460. The van der Waals surface area contributed by atoms with Gasteiger partial charge in [0.05, 0.1) is 11.4 Å². The number of carbonyl (C=O) groups is 2. The molecule has 2 aromatic carbocycles. The average molecular weight is 560 g/mol. The number of benzene rings is 2. The third kappa shape index (κ3) is 5.72. The van der Waals surface area contributed by atoms with E-state index in [4.69, 9.17) is 11.6 Å². The fourth-order valence-electron chi connectivity index (χ4n) is 6.48. The van der Waals surface area contributed by atoms with Gasteiger partial charge in [-0.15, -0.1) is 0 Å². The van der Waals surface area contributed by atoms with Gasteiger partial charge in [-0.3, -0.25) is 9.59 Å². The Hall–Kier alpha value is -3.78. The molecule has 0 spiro atoms. The average Bonchev–Trinajstić information content (AvgIpc) is 2.95. The van der Waals surface area contributed by atoms with Crippen LogP contribution >= 0.6 is 11.6 Å². The topological polar surface area (TPSA) is 95.5 Å². The molecule has 2 bridgehead atoms. The van der Waals surface area contributed by atoms with Gasteiger partial charge in [0, 0.05) is 59.6 Å². The maximum atomic E-state index is 13.2. The monoisotopic (exact) mass is 559 g/mol. The van der Waals surface area contributed by atoms with Gasteiger partial charge in [-0.25, -0.2) is 4.79 Å². The van der Waals surface area contributed by atoms with Gasteiger partial charge < -0.3 is 25.4 Å². The molecule has 3 amide bonds. The van der Waals surface area contributed by atoms with Crippen LogP contribution in [0.1, 0.15) is 60.5 Å². The number of anilines is 3. The third-order valence-corrected chi connectivity index (χ3v) is 8.62. The molecule has 0 radical (unpaired) electrons. The van der Waals surface area contributed by atoms with Crippen LogP contribution in [0.15, 0.2) is 65.5 Å². The minimum atomic E-state index is -0.400. The Morgan fingerprint density at radius 1 is 0.875 bits per heavy atom. The van der Waals surface area contributed by atoms with Crippen LogP contribution in [0, 0.1) is 5.92 Å². The summed E-state index contributed by atoms with van der Waals surface area (Å²) in [6.45, 7) is 2.17. The quantitative estimate of drug-likeness (QED) is 0.366. The maximum Gasteiger partial charge on any atom is 0.323 e. The number of nitrogens with one attached hydrogen (secondary N) is 3. The lowest BCUT2D eigenvalue weighted by Gasteiger charge is -2.44. The number of hydrogen-bond donors (Lipinski definition) is 3. The molecule has 3 aliphatic rings. The van der Waals surface area contributed by atoms with Crippen LogP contribution in [-0.4, -0.2) is 35.6 Å². The van der Waals surface area contributed by atoms with Crippen molar-refractivity contribution in [1.29, 1.82) is 0 Å². The zero-order chi connectivity index (χ0) is 27.6. The highest BCUT2D eigenvalue weighted by atomic mass is 35.5. The standard InChI is InChI=1S/C31H34ClN5O3/c32-23-10-12-25(13-11-23)34-31(40)35-26-16-21(30(39)33-24-5-2-1-3-6-24)9-14-28(26)36-17-20-15-22(19-36)27-7-4-8-29(38)37(27)18-20/h4,7-14,16,20,22,24H,1-3,5-6,15,17-19H2,(H,33,39)(H2,34,35,40). The molecule has 2 unspecified atom stereocenters. The Labute approximate surface area is 238 Å². The predicted octanol–water partition coefficient (Wildman–Crippen LogP) is 5.83. The summed E-state index contributed by atoms with van der Waals surface area (Å²) in [5.41, 5.74) is 3.69. The summed E-state index contributed by atoms with van der Waals surface area (Å²) in [7, 11) is 0. The summed E-state index contributed by atoms with van der Waals surface area (Å²) in [4.78, 5) is 41.0. The molecule has 3 N–H and O–H groups in total. The van der Waals surface area contributed by atoms with Gasteiger partial charge in [0.25, 0.3) is 11.5 Å². The van der Waals surface area contributed by atoms with E-state index in [0.717, 1.165) is 56.6 Å². The van der Waals surface area contributed by atoms with Crippen LogP contribution < -0.4 is 26.4 Å². The molecule has 2 aliphatic heterocycles. The Morgan fingerprint density at radius 3 is 2.48 bits per heavy atom. The van der Waals surface area contributed by atoms with Gasteiger partial charge in [0.1, 0.15) is 0 Å². The van der Waals surface area contributed by atoms with Crippen molar-refractivity contribution in [2.24, 2.45) is 5.92 Å². The van der Waals surface area contributed by atoms with Gasteiger partial charge in [0.15, 0.2) is 0 Å². The lowest BCUT2D eigenvalue weighted by molar-refractivity contribution is 0.0927. The summed E-state index contributed by atoms with van der Waals surface area (Å²) in [5, 5.41) is 9.63.